The first kappa shape index (κ1) is 16.4. The van der Waals surface area contributed by atoms with Gasteiger partial charge in [-0.2, -0.15) is 0 Å². The Balaban J connectivity index is 2.96. The van der Waals surface area contributed by atoms with Gasteiger partial charge in [-0.15, -0.1) is 0 Å². The zero-order valence-electron chi connectivity index (χ0n) is 11.2. The average molecular weight is 246 g/mol. The van der Waals surface area contributed by atoms with Crippen molar-refractivity contribution in [3.05, 3.63) is 0 Å². The third kappa shape index (κ3) is 13.3. The van der Waals surface area contributed by atoms with Crippen LogP contribution in [-0.4, -0.2) is 39.5 Å². The van der Waals surface area contributed by atoms with Crippen molar-refractivity contribution < 1.29 is 19.0 Å². The molecule has 0 radical (unpaired) electrons. The molecule has 0 rings (SSSR count). The van der Waals surface area contributed by atoms with E-state index in [1.807, 2.05) is 0 Å². The van der Waals surface area contributed by atoms with E-state index in [2.05, 4.69) is 11.7 Å². The highest BCUT2D eigenvalue weighted by Gasteiger charge is 1.98. The topological polar surface area (TPSA) is 44.8 Å². The maximum atomic E-state index is 10.7. The van der Waals surface area contributed by atoms with E-state index >= 15 is 0 Å². The minimum atomic E-state index is -0.234. The van der Waals surface area contributed by atoms with E-state index in [1.165, 1.54) is 32.8 Å². The Morgan fingerprint density at radius 3 is 2.18 bits per heavy atom. The summed E-state index contributed by atoms with van der Waals surface area (Å²) in [6.07, 6.45) is 6.58. The van der Waals surface area contributed by atoms with Gasteiger partial charge in [0.05, 0.1) is 33.4 Å². The lowest BCUT2D eigenvalue weighted by Gasteiger charge is -2.05. The fourth-order valence-corrected chi connectivity index (χ4v) is 1.39. The van der Waals surface area contributed by atoms with E-state index in [1.54, 1.807) is 0 Å². The van der Waals surface area contributed by atoms with Gasteiger partial charge in [0.1, 0.15) is 0 Å². The quantitative estimate of drug-likeness (QED) is 0.392. The molecule has 0 N–H and O–H groups in total. The number of hydrogen-bond acceptors (Lipinski definition) is 4. The van der Waals surface area contributed by atoms with Gasteiger partial charge in [0.25, 0.3) is 0 Å². The van der Waals surface area contributed by atoms with Crippen molar-refractivity contribution >= 4 is 5.97 Å². The molecule has 0 heterocycles. The lowest BCUT2D eigenvalue weighted by Crippen LogP contribution is -2.09. The second-order valence-electron chi connectivity index (χ2n) is 3.97. The minimum absolute atomic E-state index is 0.234. The van der Waals surface area contributed by atoms with Crippen molar-refractivity contribution in [3.8, 4) is 0 Å². The molecular weight excluding hydrogens is 220 g/mol. The fourth-order valence-electron chi connectivity index (χ4n) is 1.39. The number of carbonyl (C=O) groups is 1. The number of carbonyl (C=O) groups excluding carboxylic acids is 1. The van der Waals surface area contributed by atoms with Crippen molar-refractivity contribution in [1.29, 1.82) is 0 Å². The van der Waals surface area contributed by atoms with Crippen LogP contribution >= 0.6 is 0 Å². The minimum Gasteiger partial charge on any atom is -0.469 e. The SMILES string of the molecule is CCCCCCCOCCOCCC(=O)OC. The molecule has 0 unspecified atom stereocenters. The van der Waals surface area contributed by atoms with Crippen LogP contribution in [0.2, 0.25) is 0 Å². The Morgan fingerprint density at radius 2 is 1.53 bits per heavy atom. The van der Waals surface area contributed by atoms with E-state index in [0.29, 0.717) is 26.2 Å². The molecule has 0 bridgehead atoms. The Labute approximate surface area is 105 Å². The molecule has 0 spiro atoms. The van der Waals surface area contributed by atoms with Crippen LogP contribution in [-0.2, 0) is 19.0 Å². The van der Waals surface area contributed by atoms with Gasteiger partial charge in [-0.25, -0.2) is 0 Å². The predicted octanol–water partition coefficient (Wildman–Crippen LogP) is 2.55. The van der Waals surface area contributed by atoms with E-state index in [-0.39, 0.29) is 5.97 Å². The van der Waals surface area contributed by atoms with Crippen LogP contribution in [0.1, 0.15) is 45.4 Å². The summed E-state index contributed by atoms with van der Waals surface area (Å²) in [6.45, 7) is 4.58. The molecule has 0 aromatic carbocycles. The molecule has 17 heavy (non-hydrogen) atoms. The molecule has 0 aliphatic carbocycles. The van der Waals surface area contributed by atoms with Gasteiger partial charge in [0.15, 0.2) is 0 Å². The summed E-state index contributed by atoms with van der Waals surface area (Å²) < 4.78 is 15.1. The van der Waals surface area contributed by atoms with Gasteiger partial charge < -0.3 is 14.2 Å². The second kappa shape index (κ2) is 13.5. The molecule has 0 aliphatic heterocycles. The highest BCUT2D eigenvalue weighted by Crippen LogP contribution is 2.02. The van der Waals surface area contributed by atoms with Crippen LogP contribution < -0.4 is 0 Å². The molecule has 0 aromatic heterocycles. The number of methoxy groups -OCH3 is 1. The second-order valence-corrected chi connectivity index (χ2v) is 3.97. The zero-order chi connectivity index (χ0) is 12.8. The largest absolute Gasteiger partial charge is 0.469 e. The summed E-state index contributed by atoms with van der Waals surface area (Å²) in [5.41, 5.74) is 0. The van der Waals surface area contributed by atoms with Gasteiger partial charge in [0, 0.05) is 6.61 Å². The molecule has 0 atom stereocenters. The first-order chi connectivity index (χ1) is 8.31. The Kier molecular flexibility index (Phi) is 13.0. The molecule has 0 fully saturated rings. The van der Waals surface area contributed by atoms with Crippen molar-refractivity contribution in [2.45, 2.75) is 45.4 Å². The average Bonchev–Trinajstić information content (AvgIpc) is 2.35. The number of ether oxygens (including phenoxy) is 3. The van der Waals surface area contributed by atoms with E-state index in [9.17, 15) is 4.79 Å². The lowest BCUT2D eigenvalue weighted by atomic mass is 10.2. The molecular formula is C13H26O4. The molecule has 0 amide bonds. The molecule has 0 aromatic rings. The normalized spacial score (nSPS) is 10.5. The van der Waals surface area contributed by atoms with Gasteiger partial charge in [-0.3, -0.25) is 4.79 Å². The van der Waals surface area contributed by atoms with Crippen molar-refractivity contribution in [2.24, 2.45) is 0 Å². The summed E-state index contributed by atoms with van der Waals surface area (Å²) in [5.74, 6) is -0.234. The van der Waals surface area contributed by atoms with Crippen molar-refractivity contribution in [2.75, 3.05) is 33.5 Å². The maximum Gasteiger partial charge on any atom is 0.307 e. The van der Waals surface area contributed by atoms with Gasteiger partial charge in [0.2, 0.25) is 0 Å². The smallest absolute Gasteiger partial charge is 0.307 e. The Morgan fingerprint density at radius 1 is 0.882 bits per heavy atom. The first-order valence-corrected chi connectivity index (χ1v) is 6.53. The van der Waals surface area contributed by atoms with Crippen LogP contribution in [0.15, 0.2) is 0 Å². The Hall–Kier alpha value is -0.610. The van der Waals surface area contributed by atoms with Crippen LogP contribution in [0.5, 0.6) is 0 Å². The molecule has 4 nitrogen and oxygen atoms in total. The molecule has 0 aliphatic rings. The highest BCUT2D eigenvalue weighted by atomic mass is 16.5. The van der Waals surface area contributed by atoms with Crippen LogP contribution in [0, 0.1) is 0 Å². The summed E-state index contributed by atoms with van der Waals surface area (Å²) in [7, 11) is 1.38. The van der Waals surface area contributed by atoms with Gasteiger partial charge in [-0.1, -0.05) is 32.6 Å². The third-order valence-corrected chi connectivity index (χ3v) is 2.44. The third-order valence-electron chi connectivity index (χ3n) is 2.44. The maximum absolute atomic E-state index is 10.7. The summed E-state index contributed by atoms with van der Waals surface area (Å²) in [4.78, 5) is 10.7. The van der Waals surface area contributed by atoms with Crippen molar-refractivity contribution in [1.82, 2.24) is 0 Å². The van der Waals surface area contributed by atoms with Crippen LogP contribution in [0.25, 0.3) is 0 Å². The van der Waals surface area contributed by atoms with Crippen molar-refractivity contribution in [3.63, 3.8) is 0 Å². The summed E-state index contributed by atoms with van der Waals surface area (Å²) >= 11 is 0. The first-order valence-electron chi connectivity index (χ1n) is 6.53. The monoisotopic (exact) mass is 246 g/mol. The predicted molar refractivity (Wildman–Crippen MR) is 67.0 cm³/mol. The molecule has 0 saturated heterocycles. The van der Waals surface area contributed by atoms with E-state index in [0.717, 1.165) is 13.0 Å². The summed E-state index contributed by atoms with van der Waals surface area (Å²) in [6, 6.07) is 0. The molecule has 102 valence electrons. The van der Waals surface area contributed by atoms with E-state index in [4.69, 9.17) is 9.47 Å². The van der Waals surface area contributed by atoms with Gasteiger partial charge in [-0.05, 0) is 6.42 Å². The molecule has 0 saturated carbocycles. The van der Waals surface area contributed by atoms with Gasteiger partial charge >= 0.3 is 5.97 Å². The number of unbranched alkanes of at least 4 members (excludes halogenated alkanes) is 4. The number of rotatable bonds is 12. The highest BCUT2D eigenvalue weighted by molar-refractivity contribution is 5.69. The summed E-state index contributed by atoms with van der Waals surface area (Å²) in [5, 5.41) is 0. The fraction of sp³-hybridized carbons (Fsp3) is 0.923. The van der Waals surface area contributed by atoms with E-state index < -0.39 is 0 Å². The Bertz CT molecular complexity index is 171. The zero-order valence-corrected chi connectivity index (χ0v) is 11.2. The number of hydrogen-bond donors (Lipinski definition) is 0. The van der Waals surface area contributed by atoms with Crippen LogP contribution in [0.4, 0.5) is 0 Å². The molecule has 4 heteroatoms. The standard InChI is InChI=1S/C13H26O4/c1-3-4-5-6-7-9-16-11-12-17-10-8-13(14)15-2/h3-12H2,1-2H3. The number of esters is 1. The lowest BCUT2D eigenvalue weighted by molar-refractivity contribution is -0.141. The van der Waals surface area contributed by atoms with Crippen LogP contribution in [0.3, 0.4) is 0 Å².